The highest BCUT2D eigenvalue weighted by Crippen LogP contribution is 2.28. The van der Waals surface area contributed by atoms with Gasteiger partial charge in [0.2, 0.25) is 0 Å². The number of aryl methyl sites for hydroxylation is 1. The topological polar surface area (TPSA) is 47.3 Å². The van der Waals surface area contributed by atoms with Gasteiger partial charge in [0.15, 0.2) is 11.6 Å². The Hall–Kier alpha value is -1.88. The SMILES string of the molecule is COc1ccc(-c2c(C)nc(CCO)n2C)cc1F. The maximum Gasteiger partial charge on any atom is 0.165 e. The van der Waals surface area contributed by atoms with Crippen LogP contribution in [0.4, 0.5) is 4.39 Å². The Morgan fingerprint density at radius 2 is 2.16 bits per heavy atom. The van der Waals surface area contributed by atoms with Gasteiger partial charge in [0.05, 0.1) is 25.1 Å². The molecule has 0 aliphatic carbocycles. The summed E-state index contributed by atoms with van der Waals surface area (Å²) in [5.41, 5.74) is 2.41. The second-order valence-electron chi connectivity index (χ2n) is 4.34. The van der Waals surface area contributed by atoms with E-state index in [0.29, 0.717) is 6.42 Å². The highest BCUT2D eigenvalue weighted by molar-refractivity contribution is 5.64. The number of rotatable bonds is 4. The van der Waals surface area contributed by atoms with E-state index in [4.69, 9.17) is 9.84 Å². The van der Waals surface area contributed by atoms with Crippen LogP contribution in [0.3, 0.4) is 0 Å². The van der Waals surface area contributed by atoms with Gasteiger partial charge in [-0.05, 0) is 25.1 Å². The highest BCUT2D eigenvalue weighted by Gasteiger charge is 2.14. The molecule has 5 heteroatoms. The minimum atomic E-state index is -0.399. The fourth-order valence-electron chi connectivity index (χ4n) is 2.23. The molecule has 0 aliphatic heterocycles. The molecule has 0 bridgehead atoms. The molecule has 0 aliphatic rings. The molecule has 1 N–H and O–H groups in total. The van der Waals surface area contributed by atoms with Crippen LogP contribution in [0.25, 0.3) is 11.3 Å². The van der Waals surface area contributed by atoms with Gasteiger partial charge in [-0.1, -0.05) is 0 Å². The largest absolute Gasteiger partial charge is 0.494 e. The molecule has 102 valence electrons. The van der Waals surface area contributed by atoms with Crippen molar-refractivity contribution < 1.29 is 14.2 Å². The van der Waals surface area contributed by atoms with E-state index >= 15 is 0 Å². The van der Waals surface area contributed by atoms with E-state index in [2.05, 4.69) is 4.98 Å². The Kier molecular flexibility index (Phi) is 3.85. The van der Waals surface area contributed by atoms with E-state index in [1.54, 1.807) is 12.1 Å². The molecule has 2 rings (SSSR count). The molecular weight excluding hydrogens is 247 g/mol. The standard InChI is InChI=1S/C14H17FN2O2/c1-9-14(17(2)13(16-9)6-7-18)10-4-5-12(19-3)11(15)8-10/h4-5,8,18H,6-7H2,1-3H3. The third-order valence-electron chi connectivity index (χ3n) is 3.12. The summed E-state index contributed by atoms with van der Waals surface area (Å²) in [6.45, 7) is 1.92. The van der Waals surface area contributed by atoms with Gasteiger partial charge in [0.25, 0.3) is 0 Å². The highest BCUT2D eigenvalue weighted by atomic mass is 19.1. The first-order valence-corrected chi connectivity index (χ1v) is 6.05. The predicted molar refractivity (Wildman–Crippen MR) is 70.7 cm³/mol. The van der Waals surface area contributed by atoms with Crippen LogP contribution in [0, 0.1) is 12.7 Å². The number of halogens is 1. The molecule has 4 nitrogen and oxygen atoms in total. The van der Waals surface area contributed by atoms with E-state index in [0.717, 1.165) is 22.8 Å². The number of hydrogen-bond acceptors (Lipinski definition) is 3. The zero-order chi connectivity index (χ0) is 14.0. The second-order valence-corrected chi connectivity index (χ2v) is 4.34. The van der Waals surface area contributed by atoms with Crippen molar-refractivity contribution in [1.82, 2.24) is 9.55 Å². The zero-order valence-corrected chi connectivity index (χ0v) is 11.3. The molecule has 0 saturated heterocycles. The van der Waals surface area contributed by atoms with E-state index in [-0.39, 0.29) is 12.4 Å². The van der Waals surface area contributed by atoms with Crippen molar-refractivity contribution >= 4 is 0 Å². The lowest BCUT2D eigenvalue weighted by Crippen LogP contribution is -2.02. The molecule has 1 aromatic heterocycles. The van der Waals surface area contributed by atoms with Crippen molar-refractivity contribution in [3.63, 3.8) is 0 Å². The van der Waals surface area contributed by atoms with Gasteiger partial charge in [-0.25, -0.2) is 9.37 Å². The van der Waals surface area contributed by atoms with Crippen LogP contribution < -0.4 is 4.74 Å². The van der Waals surface area contributed by atoms with Crippen LogP contribution in [0.1, 0.15) is 11.5 Å². The summed E-state index contributed by atoms with van der Waals surface area (Å²) in [6.07, 6.45) is 0.482. The number of hydrogen-bond donors (Lipinski definition) is 1. The predicted octanol–water partition coefficient (Wildman–Crippen LogP) is 2.08. The summed E-state index contributed by atoms with van der Waals surface area (Å²) >= 11 is 0. The normalized spacial score (nSPS) is 10.8. The maximum absolute atomic E-state index is 13.8. The van der Waals surface area contributed by atoms with Crippen LogP contribution in [0.15, 0.2) is 18.2 Å². The van der Waals surface area contributed by atoms with Gasteiger partial charge < -0.3 is 14.4 Å². The van der Waals surface area contributed by atoms with Crippen molar-refractivity contribution in [2.75, 3.05) is 13.7 Å². The average molecular weight is 264 g/mol. The van der Waals surface area contributed by atoms with Gasteiger partial charge in [-0.15, -0.1) is 0 Å². The maximum atomic E-state index is 13.8. The number of benzene rings is 1. The van der Waals surface area contributed by atoms with Crippen LogP contribution in [-0.2, 0) is 13.5 Å². The summed E-state index contributed by atoms with van der Waals surface area (Å²) in [6, 6.07) is 4.84. The quantitative estimate of drug-likeness (QED) is 0.919. The lowest BCUT2D eigenvalue weighted by molar-refractivity contribution is 0.295. The van der Waals surface area contributed by atoms with Gasteiger partial charge in [0, 0.05) is 19.0 Å². The second kappa shape index (κ2) is 5.40. The zero-order valence-electron chi connectivity index (χ0n) is 11.3. The molecular formula is C14H17FN2O2. The van der Waals surface area contributed by atoms with Gasteiger partial charge in [0.1, 0.15) is 5.82 Å². The third-order valence-corrected chi connectivity index (χ3v) is 3.12. The minimum Gasteiger partial charge on any atom is -0.494 e. The fourth-order valence-corrected chi connectivity index (χ4v) is 2.23. The summed E-state index contributed by atoms with van der Waals surface area (Å²) in [5.74, 6) is 0.606. The van der Waals surface area contributed by atoms with Crippen molar-refractivity contribution in [2.45, 2.75) is 13.3 Å². The number of aliphatic hydroxyl groups excluding tert-OH is 1. The number of imidazole rings is 1. The van der Waals surface area contributed by atoms with Gasteiger partial charge in [-0.2, -0.15) is 0 Å². The van der Waals surface area contributed by atoms with Crippen molar-refractivity contribution in [2.24, 2.45) is 7.05 Å². The molecule has 0 fully saturated rings. The first-order valence-electron chi connectivity index (χ1n) is 6.05. The molecule has 1 aromatic carbocycles. The molecule has 0 atom stereocenters. The summed E-state index contributed by atoms with van der Waals surface area (Å²) in [4.78, 5) is 4.40. The average Bonchev–Trinajstić information content (AvgIpc) is 2.65. The molecule has 2 aromatic rings. The Balaban J connectivity index is 2.49. The van der Waals surface area contributed by atoms with E-state index in [1.807, 2.05) is 18.5 Å². The van der Waals surface area contributed by atoms with Crippen LogP contribution in [0.2, 0.25) is 0 Å². The lowest BCUT2D eigenvalue weighted by atomic mass is 10.1. The number of methoxy groups -OCH3 is 1. The summed E-state index contributed by atoms with van der Waals surface area (Å²) < 4.78 is 20.6. The van der Waals surface area contributed by atoms with E-state index in [1.165, 1.54) is 13.2 Å². The fraction of sp³-hybridized carbons (Fsp3) is 0.357. The summed E-state index contributed by atoms with van der Waals surface area (Å²) in [7, 11) is 3.30. The number of aromatic nitrogens is 2. The Labute approximate surface area is 111 Å². The summed E-state index contributed by atoms with van der Waals surface area (Å²) in [5, 5.41) is 9.00. The molecule has 0 unspecified atom stereocenters. The monoisotopic (exact) mass is 264 g/mol. The molecule has 0 radical (unpaired) electrons. The van der Waals surface area contributed by atoms with Gasteiger partial charge >= 0.3 is 0 Å². The first kappa shape index (κ1) is 13.5. The number of ether oxygens (including phenoxy) is 1. The van der Waals surface area contributed by atoms with Crippen molar-refractivity contribution in [3.05, 3.63) is 35.5 Å². The van der Waals surface area contributed by atoms with Crippen LogP contribution in [0.5, 0.6) is 5.75 Å². The Bertz CT molecular complexity index is 593. The third kappa shape index (κ3) is 2.46. The first-order chi connectivity index (χ1) is 9.08. The van der Waals surface area contributed by atoms with E-state index in [9.17, 15) is 4.39 Å². The smallest absolute Gasteiger partial charge is 0.165 e. The van der Waals surface area contributed by atoms with Crippen molar-refractivity contribution in [3.8, 4) is 17.0 Å². The minimum absolute atomic E-state index is 0.0424. The molecule has 0 saturated carbocycles. The van der Waals surface area contributed by atoms with Crippen LogP contribution in [-0.4, -0.2) is 28.4 Å². The van der Waals surface area contributed by atoms with E-state index < -0.39 is 5.82 Å². The number of aliphatic hydroxyl groups is 1. The van der Waals surface area contributed by atoms with Crippen LogP contribution >= 0.6 is 0 Å². The lowest BCUT2D eigenvalue weighted by Gasteiger charge is -2.08. The molecule has 0 amide bonds. The Morgan fingerprint density at radius 3 is 2.74 bits per heavy atom. The van der Waals surface area contributed by atoms with Crippen molar-refractivity contribution in [1.29, 1.82) is 0 Å². The molecule has 19 heavy (non-hydrogen) atoms. The van der Waals surface area contributed by atoms with Gasteiger partial charge in [-0.3, -0.25) is 0 Å². The number of nitrogens with zero attached hydrogens (tertiary/aromatic N) is 2. The molecule has 0 spiro atoms. The molecule has 1 heterocycles. The Morgan fingerprint density at radius 1 is 1.42 bits per heavy atom.